The number of aryl methyl sites for hydroxylation is 1. The van der Waals surface area contributed by atoms with Crippen LogP contribution in [0, 0.1) is 12.8 Å². The van der Waals surface area contributed by atoms with Crippen LogP contribution < -0.4 is 14.8 Å². The number of esters is 1. The molecule has 150 valence electrons. The highest BCUT2D eigenvalue weighted by Crippen LogP contribution is 2.29. The standard InChI is InChI=1S/C22H27NO5/c1-5-26-20-12-17(10-11-19(20)27-13-15(2)3)22(25)28-14-21(24)23-18-9-7-6-8-16(18)4/h6-12,15H,5,13-14H2,1-4H3,(H,23,24). The number of carbonyl (C=O) groups is 2. The Kier molecular flexibility index (Phi) is 7.87. The van der Waals surface area contributed by atoms with Crippen molar-refractivity contribution in [2.75, 3.05) is 25.1 Å². The molecule has 6 heteroatoms. The molecule has 0 heterocycles. The van der Waals surface area contributed by atoms with E-state index in [0.29, 0.717) is 41.9 Å². The zero-order valence-electron chi connectivity index (χ0n) is 16.8. The van der Waals surface area contributed by atoms with Gasteiger partial charge in [-0.3, -0.25) is 4.79 Å². The molecular formula is C22H27NO5. The van der Waals surface area contributed by atoms with Crippen molar-refractivity contribution in [3.8, 4) is 11.5 Å². The van der Waals surface area contributed by atoms with Crippen LogP contribution in [0.5, 0.6) is 11.5 Å². The van der Waals surface area contributed by atoms with Gasteiger partial charge in [-0.2, -0.15) is 0 Å². The van der Waals surface area contributed by atoms with Gasteiger partial charge >= 0.3 is 5.97 Å². The maximum Gasteiger partial charge on any atom is 0.338 e. The lowest BCUT2D eigenvalue weighted by atomic mass is 10.2. The Bertz CT molecular complexity index is 816. The number of benzene rings is 2. The lowest BCUT2D eigenvalue weighted by Gasteiger charge is -2.14. The van der Waals surface area contributed by atoms with Crippen LogP contribution in [0.4, 0.5) is 5.69 Å². The first kappa shape index (κ1) is 21.3. The number of rotatable bonds is 9. The molecule has 1 amide bonds. The van der Waals surface area contributed by atoms with Crippen molar-refractivity contribution in [3.63, 3.8) is 0 Å². The predicted octanol–water partition coefficient (Wildman–Crippen LogP) is 4.22. The summed E-state index contributed by atoms with van der Waals surface area (Å²) in [5.74, 6) is 0.415. The number of carbonyl (C=O) groups excluding carboxylic acids is 2. The van der Waals surface area contributed by atoms with Gasteiger partial charge in [0.1, 0.15) is 0 Å². The lowest BCUT2D eigenvalue weighted by molar-refractivity contribution is -0.119. The van der Waals surface area contributed by atoms with E-state index in [0.717, 1.165) is 5.56 Å². The van der Waals surface area contributed by atoms with Gasteiger partial charge < -0.3 is 19.5 Å². The van der Waals surface area contributed by atoms with Gasteiger partial charge in [-0.15, -0.1) is 0 Å². The molecule has 2 aromatic rings. The molecule has 0 aliphatic heterocycles. The van der Waals surface area contributed by atoms with E-state index in [1.807, 2.05) is 45.9 Å². The van der Waals surface area contributed by atoms with Crippen molar-refractivity contribution in [2.24, 2.45) is 5.92 Å². The summed E-state index contributed by atoms with van der Waals surface area (Å²) >= 11 is 0. The van der Waals surface area contributed by atoms with Crippen LogP contribution >= 0.6 is 0 Å². The summed E-state index contributed by atoms with van der Waals surface area (Å²) in [6, 6.07) is 12.2. The summed E-state index contributed by atoms with van der Waals surface area (Å²) in [7, 11) is 0. The van der Waals surface area contributed by atoms with Crippen LogP contribution in [0.3, 0.4) is 0 Å². The highest BCUT2D eigenvalue weighted by molar-refractivity contribution is 5.96. The second-order valence-electron chi connectivity index (χ2n) is 6.74. The number of hydrogen-bond donors (Lipinski definition) is 1. The first-order valence-corrected chi connectivity index (χ1v) is 9.33. The number of para-hydroxylation sites is 1. The summed E-state index contributed by atoms with van der Waals surface area (Å²) < 4.78 is 16.4. The Morgan fingerprint density at radius 3 is 2.46 bits per heavy atom. The van der Waals surface area contributed by atoms with Crippen LogP contribution in [-0.2, 0) is 9.53 Å². The van der Waals surface area contributed by atoms with Gasteiger partial charge in [0, 0.05) is 5.69 Å². The maximum absolute atomic E-state index is 12.3. The number of amides is 1. The predicted molar refractivity (Wildman–Crippen MR) is 108 cm³/mol. The third kappa shape index (κ3) is 6.30. The van der Waals surface area contributed by atoms with E-state index >= 15 is 0 Å². The molecule has 0 saturated heterocycles. The van der Waals surface area contributed by atoms with Gasteiger partial charge in [0.05, 0.1) is 18.8 Å². The van der Waals surface area contributed by atoms with Gasteiger partial charge in [-0.25, -0.2) is 4.79 Å². The minimum atomic E-state index is -0.601. The van der Waals surface area contributed by atoms with Gasteiger partial charge in [-0.05, 0) is 49.6 Å². The van der Waals surface area contributed by atoms with Crippen molar-refractivity contribution >= 4 is 17.6 Å². The number of nitrogens with one attached hydrogen (secondary N) is 1. The molecule has 0 unspecified atom stereocenters. The quantitative estimate of drug-likeness (QED) is 0.654. The van der Waals surface area contributed by atoms with Gasteiger partial charge in [0.15, 0.2) is 18.1 Å². The van der Waals surface area contributed by atoms with Crippen LogP contribution in [-0.4, -0.2) is 31.7 Å². The zero-order valence-corrected chi connectivity index (χ0v) is 16.8. The molecular weight excluding hydrogens is 358 g/mol. The Morgan fingerprint density at radius 2 is 1.79 bits per heavy atom. The fraction of sp³-hybridized carbons (Fsp3) is 0.364. The van der Waals surface area contributed by atoms with Crippen LogP contribution in [0.25, 0.3) is 0 Å². The van der Waals surface area contributed by atoms with Gasteiger partial charge in [-0.1, -0.05) is 32.0 Å². The molecule has 28 heavy (non-hydrogen) atoms. The minimum absolute atomic E-state index is 0.295. The summed E-state index contributed by atoms with van der Waals surface area (Å²) in [6.45, 7) is 8.45. The van der Waals surface area contributed by atoms with Crippen molar-refractivity contribution in [1.82, 2.24) is 0 Å². The molecule has 0 aliphatic carbocycles. The first-order valence-electron chi connectivity index (χ1n) is 9.33. The minimum Gasteiger partial charge on any atom is -0.490 e. The summed E-state index contributed by atoms with van der Waals surface area (Å²) in [5, 5.41) is 2.72. The molecule has 0 bridgehead atoms. The summed E-state index contributed by atoms with van der Waals surface area (Å²) in [6.07, 6.45) is 0. The second kappa shape index (κ2) is 10.3. The Morgan fingerprint density at radius 1 is 1.04 bits per heavy atom. The molecule has 2 rings (SSSR count). The lowest BCUT2D eigenvalue weighted by Crippen LogP contribution is -2.21. The monoisotopic (exact) mass is 385 g/mol. The highest BCUT2D eigenvalue weighted by atomic mass is 16.5. The van der Waals surface area contributed by atoms with Gasteiger partial charge in [0.2, 0.25) is 0 Å². The normalized spacial score (nSPS) is 10.5. The molecule has 0 saturated carbocycles. The van der Waals surface area contributed by atoms with Crippen molar-refractivity contribution in [1.29, 1.82) is 0 Å². The molecule has 0 aliphatic rings. The third-order valence-electron chi connectivity index (χ3n) is 3.80. The average molecular weight is 385 g/mol. The summed E-state index contributed by atoms with van der Waals surface area (Å²) in [5.41, 5.74) is 1.92. The topological polar surface area (TPSA) is 73.9 Å². The molecule has 0 fully saturated rings. The molecule has 0 aromatic heterocycles. The number of anilines is 1. The number of ether oxygens (including phenoxy) is 3. The van der Waals surface area contributed by atoms with E-state index in [2.05, 4.69) is 5.32 Å². The fourth-order valence-corrected chi connectivity index (χ4v) is 2.39. The second-order valence-corrected chi connectivity index (χ2v) is 6.74. The molecule has 1 N–H and O–H groups in total. The van der Waals surface area contributed by atoms with E-state index in [1.54, 1.807) is 24.3 Å². The van der Waals surface area contributed by atoms with Crippen LogP contribution in [0.2, 0.25) is 0 Å². The maximum atomic E-state index is 12.3. The Balaban J connectivity index is 1.98. The molecule has 0 atom stereocenters. The van der Waals surface area contributed by atoms with Crippen LogP contribution in [0.15, 0.2) is 42.5 Å². The zero-order chi connectivity index (χ0) is 20.5. The number of hydrogen-bond acceptors (Lipinski definition) is 5. The summed E-state index contributed by atoms with van der Waals surface area (Å²) in [4.78, 5) is 24.3. The third-order valence-corrected chi connectivity index (χ3v) is 3.80. The van der Waals surface area contributed by atoms with E-state index in [9.17, 15) is 9.59 Å². The Hall–Kier alpha value is -3.02. The SMILES string of the molecule is CCOc1cc(C(=O)OCC(=O)Nc2ccccc2C)ccc1OCC(C)C. The average Bonchev–Trinajstić information content (AvgIpc) is 2.67. The largest absolute Gasteiger partial charge is 0.490 e. The van der Waals surface area contributed by atoms with E-state index < -0.39 is 11.9 Å². The Labute approximate surface area is 165 Å². The molecule has 2 aromatic carbocycles. The van der Waals surface area contributed by atoms with Gasteiger partial charge in [0.25, 0.3) is 5.91 Å². The fourth-order valence-electron chi connectivity index (χ4n) is 2.39. The van der Waals surface area contributed by atoms with E-state index in [4.69, 9.17) is 14.2 Å². The highest BCUT2D eigenvalue weighted by Gasteiger charge is 2.15. The first-order chi connectivity index (χ1) is 13.4. The van der Waals surface area contributed by atoms with Crippen molar-refractivity contribution < 1.29 is 23.8 Å². The van der Waals surface area contributed by atoms with Crippen LogP contribution in [0.1, 0.15) is 36.7 Å². The van der Waals surface area contributed by atoms with E-state index in [1.165, 1.54) is 0 Å². The molecule has 0 spiro atoms. The van der Waals surface area contributed by atoms with Crippen molar-refractivity contribution in [2.45, 2.75) is 27.7 Å². The molecule has 0 radical (unpaired) electrons. The molecule has 6 nitrogen and oxygen atoms in total. The van der Waals surface area contributed by atoms with E-state index in [-0.39, 0.29) is 6.61 Å². The van der Waals surface area contributed by atoms with Crippen molar-refractivity contribution in [3.05, 3.63) is 53.6 Å². The smallest absolute Gasteiger partial charge is 0.338 e.